The van der Waals surface area contributed by atoms with Crippen LogP contribution in [0.2, 0.25) is 0 Å². The number of amides is 3. The Bertz CT molecular complexity index is 1210. The number of nitrogens with zero attached hydrogens (tertiary/aromatic N) is 5. The van der Waals surface area contributed by atoms with Crippen molar-refractivity contribution in [2.45, 2.75) is 18.3 Å². The largest absolute Gasteiger partial charge is 0.348 e. The molecule has 176 valence electrons. The van der Waals surface area contributed by atoms with Crippen LogP contribution in [0.4, 0.5) is 5.69 Å². The third-order valence-corrected chi connectivity index (χ3v) is 6.10. The van der Waals surface area contributed by atoms with E-state index in [1.54, 1.807) is 78.4 Å². The summed E-state index contributed by atoms with van der Waals surface area (Å²) in [7, 11) is 5.17. The molecule has 0 saturated carbocycles. The molecule has 34 heavy (non-hydrogen) atoms. The summed E-state index contributed by atoms with van der Waals surface area (Å²) in [6.45, 7) is 0.721. The van der Waals surface area contributed by atoms with Crippen molar-refractivity contribution in [3.8, 4) is 0 Å². The summed E-state index contributed by atoms with van der Waals surface area (Å²) in [5, 5.41) is 6.92. The van der Waals surface area contributed by atoms with E-state index < -0.39 is 11.3 Å². The molecular formula is C25H28N6O3. The lowest BCUT2D eigenvalue weighted by atomic mass is 9.75. The lowest BCUT2D eigenvalue weighted by Gasteiger charge is -2.42. The number of likely N-dealkylation sites (N-methyl/N-ethyl adjacent to an activating group) is 1. The molecule has 1 fully saturated rings. The van der Waals surface area contributed by atoms with Crippen LogP contribution < -0.4 is 5.32 Å². The monoisotopic (exact) mass is 460 g/mol. The molecule has 9 nitrogen and oxygen atoms in total. The number of hydrogen-bond acceptors (Lipinski definition) is 5. The van der Waals surface area contributed by atoms with Crippen molar-refractivity contribution in [2.24, 2.45) is 7.05 Å². The fourth-order valence-electron chi connectivity index (χ4n) is 4.47. The van der Waals surface area contributed by atoms with E-state index in [1.165, 1.54) is 0 Å². The summed E-state index contributed by atoms with van der Waals surface area (Å²) >= 11 is 0. The Morgan fingerprint density at radius 1 is 1.06 bits per heavy atom. The van der Waals surface area contributed by atoms with Gasteiger partial charge in [-0.2, -0.15) is 5.10 Å². The number of benzene rings is 1. The maximum Gasteiger partial charge on any atom is 0.276 e. The van der Waals surface area contributed by atoms with Crippen molar-refractivity contribution in [3.63, 3.8) is 0 Å². The smallest absolute Gasteiger partial charge is 0.276 e. The van der Waals surface area contributed by atoms with Crippen molar-refractivity contribution in [3.05, 3.63) is 77.9 Å². The SMILES string of the molecule is CN(C)C(=O)C1(c2ccccn2)CCCN(C(=O)c2ccccc2NC(=O)c2ccn(C)n2)C1. The lowest BCUT2D eigenvalue weighted by Crippen LogP contribution is -2.56. The molecule has 0 aliphatic carbocycles. The zero-order valence-electron chi connectivity index (χ0n) is 19.6. The van der Waals surface area contributed by atoms with Crippen molar-refractivity contribution >= 4 is 23.4 Å². The zero-order valence-corrected chi connectivity index (χ0v) is 19.6. The van der Waals surface area contributed by atoms with Gasteiger partial charge in [0.15, 0.2) is 5.69 Å². The van der Waals surface area contributed by atoms with E-state index in [2.05, 4.69) is 15.4 Å². The molecule has 4 rings (SSSR count). The highest BCUT2D eigenvalue weighted by molar-refractivity contribution is 6.08. The van der Waals surface area contributed by atoms with Crippen molar-refractivity contribution in [2.75, 3.05) is 32.5 Å². The topological polar surface area (TPSA) is 100 Å². The van der Waals surface area contributed by atoms with Crippen molar-refractivity contribution in [1.82, 2.24) is 24.6 Å². The Hall–Kier alpha value is -4.01. The van der Waals surface area contributed by atoms with Crippen LogP contribution >= 0.6 is 0 Å². The second kappa shape index (κ2) is 9.46. The summed E-state index contributed by atoms with van der Waals surface area (Å²) in [6.07, 6.45) is 4.61. The predicted molar refractivity (Wildman–Crippen MR) is 127 cm³/mol. The summed E-state index contributed by atoms with van der Waals surface area (Å²) in [5.41, 5.74) is 0.749. The number of carbonyl (C=O) groups is 3. The number of piperidine rings is 1. The number of para-hydroxylation sites is 1. The van der Waals surface area contributed by atoms with Gasteiger partial charge in [-0.05, 0) is 43.2 Å². The van der Waals surface area contributed by atoms with E-state index in [-0.39, 0.29) is 24.1 Å². The van der Waals surface area contributed by atoms with Crippen LogP contribution in [-0.2, 0) is 17.3 Å². The third kappa shape index (κ3) is 4.41. The average molecular weight is 461 g/mol. The number of rotatable bonds is 5. The minimum absolute atomic E-state index is 0.0829. The molecule has 0 bridgehead atoms. The van der Waals surface area contributed by atoms with Gasteiger partial charge in [0.1, 0.15) is 5.41 Å². The van der Waals surface area contributed by atoms with E-state index in [9.17, 15) is 14.4 Å². The number of carbonyl (C=O) groups excluding carboxylic acids is 3. The summed E-state index contributed by atoms with van der Waals surface area (Å²) < 4.78 is 1.54. The van der Waals surface area contributed by atoms with E-state index in [4.69, 9.17) is 0 Å². The summed E-state index contributed by atoms with van der Waals surface area (Å²) in [5.74, 6) is -0.728. The Morgan fingerprint density at radius 2 is 1.82 bits per heavy atom. The Morgan fingerprint density at radius 3 is 2.50 bits per heavy atom. The van der Waals surface area contributed by atoms with Gasteiger partial charge in [-0.3, -0.25) is 24.0 Å². The van der Waals surface area contributed by atoms with Crippen LogP contribution in [-0.4, -0.2) is 69.5 Å². The fraction of sp³-hybridized carbons (Fsp3) is 0.320. The quantitative estimate of drug-likeness (QED) is 0.630. The molecule has 9 heteroatoms. The highest BCUT2D eigenvalue weighted by Crippen LogP contribution is 2.35. The van der Waals surface area contributed by atoms with Crippen LogP contribution in [0.25, 0.3) is 0 Å². The molecule has 1 aliphatic rings. The van der Waals surface area contributed by atoms with Crippen LogP contribution in [0.3, 0.4) is 0 Å². The molecule has 2 aromatic heterocycles. The number of aryl methyl sites for hydroxylation is 1. The first-order valence-electron chi connectivity index (χ1n) is 11.1. The Kier molecular flexibility index (Phi) is 6.45. The highest BCUT2D eigenvalue weighted by Gasteiger charge is 2.47. The second-order valence-corrected chi connectivity index (χ2v) is 8.70. The highest BCUT2D eigenvalue weighted by atomic mass is 16.2. The minimum Gasteiger partial charge on any atom is -0.348 e. The number of anilines is 1. The van der Waals surface area contributed by atoms with Crippen LogP contribution in [0, 0.1) is 0 Å². The molecule has 1 atom stereocenters. The molecule has 0 spiro atoms. The molecular weight excluding hydrogens is 432 g/mol. The van der Waals surface area contributed by atoms with E-state index >= 15 is 0 Å². The number of nitrogens with one attached hydrogen (secondary N) is 1. The van der Waals surface area contributed by atoms with Gasteiger partial charge in [-0.1, -0.05) is 18.2 Å². The van der Waals surface area contributed by atoms with Gasteiger partial charge in [0.25, 0.3) is 11.8 Å². The maximum absolute atomic E-state index is 13.7. The standard InChI is InChI=1S/C25H28N6O3/c1-29(2)24(34)25(21-11-6-7-14-26-21)13-8-15-31(17-25)23(33)18-9-4-5-10-19(18)27-22(32)20-12-16-30(3)28-20/h4-7,9-12,14,16H,8,13,15,17H2,1-3H3,(H,27,32). The molecule has 1 aromatic carbocycles. The number of likely N-dealkylation sites (tertiary alicyclic amines) is 1. The molecule has 1 saturated heterocycles. The predicted octanol–water partition coefficient (Wildman–Crippen LogP) is 2.33. The van der Waals surface area contributed by atoms with Crippen LogP contribution in [0.5, 0.6) is 0 Å². The van der Waals surface area contributed by atoms with Gasteiger partial charge in [0, 0.05) is 46.6 Å². The average Bonchev–Trinajstić information content (AvgIpc) is 3.30. The maximum atomic E-state index is 13.7. The first-order chi connectivity index (χ1) is 16.3. The molecule has 1 unspecified atom stereocenters. The minimum atomic E-state index is -0.926. The van der Waals surface area contributed by atoms with Gasteiger partial charge in [0.05, 0.1) is 16.9 Å². The molecule has 3 amide bonds. The third-order valence-electron chi connectivity index (χ3n) is 6.10. The zero-order chi connectivity index (χ0) is 24.3. The fourth-order valence-corrected chi connectivity index (χ4v) is 4.47. The number of aromatic nitrogens is 3. The van der Waals surface area contributed by atoms with Crippen molar-refractivity contribution in [1.29, 1.82) is 0 Å². The van der Waals surface area contributed by atoms with E-state index in [0.717, 1.165) is 0 Å². The number of hydrogen-bond donors (Lipinski definition) is 1. The Labute approximate surface area is 198 Å². The molecule has 0 radical (unpaired) electrons. The first-order valence-corrected chi connectivity index (χ1v) is 11.1. The number of pyridine rings is 1. The van der Waals surface area contributed by atoms with Gasteiger partial charge in [-0.15, -0.1) is 0 Å². The summed E-state index contributed by atoms with van der Waals surface area (Å²) in [6, 6.07) is 14.0. The van der Waals surface area contributed by atoms with E-state index in [0.29, 0.717) is 36.3 Å². The van der Waals surface area contributed by atoms with Gasteiger partial charge in [-0.25, -0.2) is 0 Å². The van der Waals surface area contributed by atoms with Gasteiger partial charge in [0.2, 0.25) is 5.91 Å². The molecule has 1 N–H and O–H groups in total. The van der Waals surface area contributed by atoms with Crippen LogP contribution in [0.15, 0.2) is 60.9 Å². The summed E-state index contributed by atoms with van der Waals surface area (Å²) in [4.78, 5) is 47.4. The Balaban J connectivity index is 1.63. The van der Waals surface area contributed by atoms with E-state index in [1.807, 2.05) is 18.2 Å². The van der Waals surface area contributed by atoms with Gasteiger partial charge < -0.3 is 15.1 Å². The lowest BCUT2D eigenvalue weighted by molar-refractivity contribution is -0.136. The van der Waals surface area contributed by atoms with Crippen molar-refractivity contribution < 1.29 is 14.4 Å². The molecule has 1 aliphatic heterocycles. The van der Waals surface area contributed by atoms with Crippen LogP contribution in [0.1, 0.15) is 39.4 Å². The second-order valence-electron chi connectivity index (χ2n) is 8.70. The first kappa shape index (κ1) is 23.2. The molecule has 3 aromatic rings. The van der Waals surface area contributed by atoms with Gasteiger partial charge >= 0.3 is 0 Å². The normalized spacial score (nSPS) is 17.8. The molecule has 3 heterocycles.